The van der Waals surface area contributed by atoms with E-state index in [0.717, 1.165) is 65.5 Å². The highest BCUT2D eigenvalue weighted by Crippen LogP contribution is 2.28. The predicted molar refractivity (Wildman–Crippen MR) is 162 cm³/mol. The molecular weight excluding hydrogens is 571 g/mol. The van der Waals surface area contributed by atoms with Crippen molar-refractivity contribution in [3.8, 4) is 0 Å². The molecule has 2 N–H and O–H groups in total. The summed E-state index contributed by atoms with van der Waals surface area (Å²) in [4.78, 5) is 0. The third kappa shape index (κ3) is 8.17. The molecule has 4 rings (SSSR count). The number of para-hydroxylation sites is 2. The number of unbranched alkanes of at least 4 members (excludes halogenated alkanes) is 3. The van der Waals surface area contributed by atoms with Gasteiger partial charge in [0.05, 0.1) is 29.3 Å². The largest absolute Gasteiger partial charge is 0.726 e. The summed E-state index contributed by atoms with van der Waals surface area (Å²) in [5, 5.41) is 11.2. The fourth-order valence-electron chi connectivity index (χ4n) is 4.61. The number of anilines is 2. The average molecular weight is 609 g/mol. The van der Waals surface area contributed by atoms with Crippen molar-refractivity contribution < 1.29 is 26.3 Å². The first-order chi connectivity index (χ1) is 18.9. The molecule has 0 saturated heterocycles. The SMILES string of the molecule is COS(=O)(=O)[O-].Cc1cc(NCCCCCCNc2cc(C)[n+](C)c3c(Cl)cccc23)c2cccc(Cl)c2[n+]1C. The molecule has 0 aliphatic heterocycles. The maximum absolute atomic E-state index is 9.22. The molecule has 8 nitrogen and oxygen atoms in total. The highest BCUT2D eigenvalue weighted by molar-refractivity contribution is 7.80. The van der Waals surface area contributed by atoms with Gasteiger partial charge in [0.2, 0.25) is 21.4 Å². The van der Waals surface area contributed by atoms with Crippen molar-refractivity contribution in [3.63, 3.8) is 0 Å². The van der Waals surface area contributed by atoms with Crippen LogP contribution in [0.2, 0.25) is 10.0 Å². The van der Waals surface area contributed by atoms with Crippen LogP contribution < -0.4 is 19.8 Å². The maximum atomic E-state index is 9.22. The van der Waals surface area contributed by atoms with E-state index in [1.807, 2.05) is 24.3 Å². The number of aryl methyl sites for hydroxylation is 4. The number of fused-ring (bicyclic) bond motifs is 2. The number of aromatic nitrogens is 2. The van der Waals surface area contributed by atoms with E-state index in [-0.39, 0.29) is 0 Å². The summed E-state index contributed by atoms with van der Waals surface area (Å²) >= 11 is 13.0. The van der Waals surface area contributed by atoms with Gasteiger partial charge in [-0.15, -0.1) is 0 Å². The molecular formula is C29H37Cl2N4O4S+. The van der Waals surface area contributed by atoms with Crippen LogP contribution in [-0.4, -0.2) is 33.2 Å². The second kappa shape index (κ2) is 14.3. The number of hydrogen-bond acceptors (Lipinski definition) is 6. The molecule has 0 saturated carbocycles. The number of nitrogens with zero attached hydrogens (tertiary/aromatic N) is 2. The molecule has 2 aromatic heterocycles. The number of halogens is 2. The van der Waals surface area contributed by atoms with E-state index in [0.29, 0.717) is 0 Å². The molecule has 2 aromatic carbocycles. The van der Waals surface area contributed by atoms with Crippen molar-refractivity contribution in [2.45, 2.75) is 39.5 Å². The Morgan fingerprint density at radius 3 is 1.50 bits per heavy atom. The fourth-order valence-corrected chi connectivity index (χ4v) is 5.21. The first kappa shape index (κ1) is 31.8. The third-order valence-corrected chi connectivity index (χ3v) is 7.95. The highest BCUT2D eigenvalue weighted by atomic mass is 35.5. The Bertz CT molecular complexity index is 1490. The monoisotopic (exact) mass is 607 g/mol. The minimum atomic E-state index is -4.41. The standard InChI is InChI=1S/C28H32Cl2N4.CH4O4S/c1-19-17-25(21-11-9-13-23(29)27(21)33(19)3)31-15-7-5-6-8-16-32-26-18-20(2)34(4)28-22(26)12-10-14-24(28)30;1-5-6(2,3)4/h9-14,17-18H,5-8,15-16H2,1-4H3;1H3,(H,2,3,4)/p+1. The van der Waals surface area contributed by atoms with Crippen LogP contribution in [0, 0.1) is 13.8 Å². The number of benzene rings is 2. The first-order valence-corrected chi connectivity index (χ1v) is 15.2. The minimum absolute atomic E-state index is 0.789. The summed E-state index contributed by atoms with van der Waals surface area (Å²) in [6.07, 6.45) is 4.67. The Morgan fingerprint density at radius 1 is 0.775 bits per heavy atom. The van der Waals surface area contributed by atoms with E-state index >= 15 is 0 Å². The van der Waals surface area contributed by atoms with Gasteiger partial charge in [-0.2, -0.15) is 9.13 Å². The van der Waals surface area contributed by atoms with Gasteiger partial charge in [-0.25, -0.2) is 8.42 Å². The Hall–Kier alpha value is -2.69. The summed E-state index contributed by atoms with van der Waals surface area (Å²) in [5.74, 6) is 0. The van der Waals surface area contributed by atoms with Crippen LogP contribution in [0.5, 0.6) is 0 Å². The molecule has 11 heteroatoms. The zero-order valence-corrected chi connectivity index (χ0v) is 25.9. The Labute approximate surface area is 246 Å². The molecule has 216 valence electrons. The normalized spacial score (nSPS) is 11.4. The van der Waals surface area contributed by atoms with Crippen molar-refractivity contribution in [3.05, 3.63) is 70.0 Å². The van der Waals surface area contributed by atoms with Crippen LogP contribution in [0.25, 0.3) is 21.8 Å². The van der Waals surface area contributed by atoms with Gasteiger partial charge in [0.25, 0.3) is 0 Å². The molecule has 40 heavy (non-hydrogen) atoms. The minimum Gasteiger partial charge on any atom is -0.726 e. The van der Waals surface area contributed by atoms with E-state index in [1.165, 1.54) is 35.0 Å². The quantitative estimate of drug-likeness (QED) is 0.103. The van der Waals surface area contributed by atoms with Gasteiger partial charge in [0.15, 0.2) is 11.4 Å². The lowest BCUT2D eigenvalue weighted by molar-refractivity contribution is -0.651. The van der Waals surface area contributed by atoms with Gasteiger partial charge in [0, 0.05) is 39.1 Å². The summed E-state index contributed by atoms with van der Waals surface area (Å²) in [7, 11) is 0.526. The second-order valence-electron chi connectivity index (χ2n) is 9.63. The van der Waals surface area contributed by atoms with E-state index in [2.05, 4.69) is 76.2 Å². The van der Waals surface area contributed by atoms with Gasteiger partial charge >= 0.3 is 0 Å². The van der Waals surface area contributed by atoms with Gasteiger partial charge in [-0.3, -0.25) is 4.18 Å². The summed E-state index contributed by atoms with van der Waals surface area (Å²) < 4.78 is 35.3. The van der Waals surface area contributed by atoms with Crippen LogP contribution in [0.15, 0.2) is 48.5 Å². The molecule has 0 bridgehead atoms. The average Bonchev–Trinajstić information content (AvgIpc) is 2.90. The van der Waals surface area contributed by atoms with Gasteiger partial charge in [-0.05, 0) is 37.1 Å². The van der Waals surface area contributed by atoms with Crippen molar-refractivity contribution >= 4 is 66.8 Å². The summed E-state index contributed by atoms with van der Waals surface area (Å²) in [5.41, 5.74) is 6.86. The molecule has 0 spiro atoms. The number of hydrogen-bond donors (Lipinski definition) is 2. The molecule has 0 fully saturated rings. The lowest BCUT2D eigenvalue weighted by atomic mass is 10.1. The summed E-state index contributed by atoms with van der Waals surface area (Å²) in [6, 6.07) is 16.6. The van der Waals surface area contributed by atoms with Gasteiger partial charge in [0.1, 0.15) is 24.1 Å². The van der Waals surface area contributed by atoms with Crippen LogP contribution in [0.1, 0.15) is 37.1 Å². The Balaban J connectivity index is 0.000000663. The Kier molecular flexibility index (Phi) is 11.4. The topological polar surface area (TPSA) is 98.2 Å². The second-order valence-corrected chi connectivity index (χ2v) is 11.6. The van der Waals surface area contributed by atoms with E-state index in [9.17, 15) is 13.0 Å². The lowest BCUT2D eigenvalue weighted by Crippen LogP contribution is -2.33. The first-order valence-electron chi connectivity index (χ1n) is 13.1. The van der Waals surface area contributed by atoms with Crippen LogP contribution in [-0.2, 0) is 28.7 Å². The Morgan fingerprint density at radius 2 is 1.15 bits per heavy atom. The molecule has 4 aromatic rings. The molecule has 0 aliphatic carbocycles. The van der Waals surface area contributed by atoms with E-state index in [1.54, 1.807) is 0 Å². The fraction of sp³-hybridized carbons (Fsp3) is 0.379. The maximum Gasteiger partial charge on any atom is 0.233 e. The third-order valence-electron chi connectivity index (χ3n) is 6.93. The molecule has 0 amide bonds. The summed E-state index contributed by atoms with van der Waals surface area (Å²) in [6.45, 7) is 6.15. The highest BCUT2D eigenvalue weighted by Gasteiger charge is 2.17. The zero-order valence-electron chi connectivity index (χ0n) is 23.6. The molecule has 0 unspecified atom stereocenters. The van der Waals surface area contributed by atoms with Crippen LogP contribution >= 0.6 is 23.2 Å². The van der Waals surface area contributed by atoms with Gasteiger partial charge < -0.3 is 15.2 Å². The number of rotatable bonds is 10. The van der Waals surface area contributed by atoms with Gasteiger partial charge in [-0.1, -0.05) is 48.2 Å². The smallest absolute Gasteiger partial charge is 0.233 e. The zero-order chi connectivity index (χ0) is 29.4. The van der Waals surface area contributed by atoms with Crippen molar-refractivity contribution in [2.24, 2.45) is 14.1 Å². The molecule has 0 atom stereocenters. The predicted octanol–water partition coefficient (Wildman–Crippen LogP) is 5.74. The van der Waals surface area contributed by atoms with E-state index in [4.69, 9.17) is 23.2 Å². The molecule has 0 radical (unpaired) electrons. The van der Waals surface area contributed by atoms with Crippen molar-refractivity contribution in [2.75, 3.05) is 30.8 Å². The number of pyridine rings is 2. The van der Waals surface area contributed by atoms with Crippen LogP contribution in [0.4, 0.5) is 11.4 Å². The molecule has 2 heterocycles. The van der Waals surface area contributed by atoms with Crippen molar-refractivity contribution in [1.82, 2.24) is 0 Å². The van der Waals surface area contributed by atoms with Crippen molar-refractivity contribution in [1.29, 1.82) is 0 Å². The lowest BCUT2D eigenvalue weighted by Gasteiger charge is -2.12. The van der Waals surface area contributed by atoms with E-state index < -0.39 is 10.4 Å². The number of nitrogens with one attached hydrogen (secondary N) is 2. The molecule has 0 aliphatic rings. The van der Waals surface area contributed by atoms with Crippen LogP contribution in [0.3, 0.4) is 0 Å².